The number of aliphatic hydroxyl groups is 1. The number of ether oxygens (including phenoxy) is 2. The first-order chi connectivity index (χ1) is 11.5. The first-order valence-electron chi connectivity index (χ1n) is 7.54. The summed E-state index contributed by atoms with van der Waals surface area (Å²) in [4.78, 5) is 24.6. The number of nitrogen functional groups attached to an aromatic ring is 1. The van der Waals surface area contributed by atoms with E-state index in [-0.39, 0.29) is 12.2 Å². The second kappa shape index (κ2) is 5.96. The molecule has 0 radical (unpaired) electrons. The van der Waals surface area contributed by atoms with Crippen LogP contribution in [0.15, 0.2) is 12.7 Å². The summed E-state index contributed by atoms with van der Waals surface area (Å²) in [6.45, 7) is 1.76. The van der Waals surface area contributed by atoms with Crippen molar-refractivity contribution in [1.82, 2.24) is 24.8 Å². The Bertz CT molecular complexity index is 765. The van der Waals surface area contributed by atoms with Crippen LogP contribution in [0.4, 0.5) is 5.82 Å². The van der Waals surface area contributed by atoms with Crippen molar-refractivity contribution in [2.45, 2.75) is 37.4 Å². The van der Waals surface area contributed by atoms with E-state index in [1.54, 1.807) is 11.5 Å². The summed E-state index contributed by atoms with van der Waals surface area (Å²) in [5.41, 5.74) is 5.23. The molecule has 1 amide bonds. The van der Waals surface area contributed by atoms with Gasteiger partial charge in [-0.05, 0) is 6.42 Å². The fourth-order valence-electron chi connectivity index (χ4n) is 3.14. The Balaban J connectivity index is 2.09. The van der Waals surface area contributed by atoms with Gasteiger partial charge in [0.1, 0.15) is 24.1 Å². The second-order valence-corrected chi connectivity index (χ2v) is 5.56. The summed E-state index contributed by atoms with van der Waals surface area (Å²) in [5, 5.41) is 13.2. The summed E-state index contributed by atoms with van der Waals surface area (Å²) < 4.78 is 13.0. The Hall–Kier alpha value is -2.30. The SMILES string of the molecule is CC[C@]1(C(=O)NC)O[C@@H](n2cnc3c(N)ncnc32)C(OC)C1O. The number of aliphatic hydroxyl groups excluding tert-OH is 1. The zero-order valence-corrected chi connectivity index (χ0v) is 13.6. The van der Waals surface area contributed by atoms with Crippen LogP contribution in [0.3, 0.4) is 0 Å². The molecule has 2 unspecified atom stereocenters. The van der Waals surface area contributed by atoms with Crippen LogP contribution in [-0.4, -0.2) is 62.5 Å². The molecule has 0 aromatic carbocycles. The smallest absolute Gasteiger partial charge is 0.254 e. The Morgan fingerprint density at radius 3 is 2.92 bits per heavy atom. The third kappa shape index (κ3) is 2.14. The van der Waals surface area contributed by atoms with Gasteiger partial charge in [0.05, 0.1) is 6.33 Å². The number of carbonyl (C=O) groups excluding carboxylic acids is 1. The Morgan fingerprint density at radius 1 is 1.54 bits per heavy atom. The van der Waals surface area contributed by atoms with Crippen LogP contribution < -0.4 is 11.1 Å². The summed E-state index contributed by atoms with van der Waals surface area (Å²) in [6, 6.07) is 0. The number of fused-ring (bicyclic) bond motifs is 1. The van der Waals surface area contributed by atoms with Crippen LogP contribution in [0.25, 0.3) is 11.2 Å². The van der Waals surface area contributed by atoms with E-state index < -0.39 is 29.9 Å². The zero-order valence-electron chi connectivity index (χ0n) is 13.6. The number of nitrogens with zero attached hydrogens (tertiary/aromatic N) is 4. The second-order valence-electron chi connectivity index (χ2n) is 5.56. The molecule has 0 bridgehead atoms. The Morgan fingerprint density at radius 2 is 2.29 bits per heavy atom. The average Bonchev–Trinajstić information content (AvgIpc) is 3.14. The van der Waals surface area contributed by atoms with Crippen molar-refractivity contribution in [2.24, 2.45) is 0 Å². The minimum Gasteiger partial charge on any atom is -0.387 e. The third-order valence-electron chi connectivity index (χ3n) is 4.47. The molecule has 2 aromatic heterocycles. The molecule has 10 heteroatoms. The number of imidazole rings is 1. The van der Waals surface area contributed by atoms with Crippen LogP contribution in [0, 0.1) is 0 Å². The molecule has 0 spiro atoms. The van der Waals surface area contributed by atoms with Crippen LogP contribution in [0.2, 0.25) is 0 Å². The number of aromatic nitrogens is 4. The molecule has 3 rings (SSSR count). The van der Waals surface area contributed by atoms with Crippen LogP contribution in [-0.2, 0) is 14.3 Å². The van der Waals surface area contributed by atoms with Crippen molar-refractivity contribution >= 4 is 22.9 Å². The maximum atomic E-state index is 12.3. The Kier molecular flexibility index (Phi) is 4.11. The molecule has 1 saturated heterocycles. The number of methoxy groups -OCH3 is 1. The molecule has 130 valence electrons. The van der Waals surface area contributed by atoms with Gasteiger partial charge < -0.3 is 25.6 Å². The van der Waals surface area contributed by atoms with Gasteiger partial charge in [-0.25, -0.2) is 15.0 Å². The van der Waals surface area contributed by atoms with Crippen molar-refractivity contribution in [3.8, 4) is 0 Å². The molecule has 1 aliphatic heterocycles. The van der Waals surface area contributed by atoms with E-state index in [1.165, 1.54) is 26.8 Å². The normalized spacial score (nSPS) is 29.9. The molecule has 1 aliphatic rings. The number of rotatable bonds is 4. The van der Waals surface area contributed by atoms with E-state index in [2.05, 4.69) is 20.3 Å². The van der Waals surface area contributed by atoms with Crippen LogP contribution >= 0.6 is 0 Å². The molecule has 2 aromatic rings. The largest absolute Gasteiger partial charge is 0.387 e. The van der Waals surface area contributed by atoms with Crippen molar-refractivity contribution < 1.29 is 19.4 Å². The molecular formula is C14H20N6O4. The van der Waals surface area contributed by atoms with Gasteiger partial charge in [-0.2, -0.15) is 0 Å². The lowest BCUT2D eigenvalue weighted by Gasteiger charge is -2.28. The van der Waals surface area contributed by atoms with E-state index in [0.717, 1.165) is 0 Å². The number of carbonyl (C=O) groups is 1. The lowest BCUT2D eigenvalue weighted by atomic mass is 9.91. The third-order valence-corrected chi connectivity index (χ3v) is 4.47. The standard InChI is InChI=1S/C14H20N6O4/c1-4-14(13(22)16-2)9(21)8(23-3)12(24-14)20-6-19-7-10(15)17-5-18-11(7)20/h5-6,8-9,12,21H,4H2,1-3H3,(H,16,22)(H2,15,17,18)/t8?,9?,12-,14+/m1/s1. The predicted octanol–water partition coefficient (Wildman–Crippen LogP) is -0.792. The highest BCUT2D eigenvalue weighted by Crippen LogP contribution is 2.41. The molecule has 0 saturated carbocycles. The first kappa shape index (κ1) is 16.6. The molecule has 1 fully saturated rings. The van der Waals surface area contributed by atoms with Gasteiger partial charge >= 0.3 is 0 Å². The van der Waals surface area contributed by atoms with Crippen molar-refractivity contribution in [1.29, 1.82) is 0 Å². The van der Waals surface area contributed by atoms with E-state index in [0.29, 0.717) is 11.2 Å². The molecular weight excluding hydrogens is 316 g/mol. The maximum Gasteiger partial charge on any atom is 0.254 e. The van der Waals surface area contributed by atoms with E-state index in [1.807, 2.05) is 0 Å². The summed E-state index contributed by atoms with van der Waals surface area (Å²) >= 11 is 0. The van der Waals surface area contributed by atoms with Crippen molar-refractivity contribution in [2.75, 3.05) is 19.9 Å². The van der Waals surface area contributed by atoms with Crippen molar-refractivity contribution in [3.63, 3.8) is 0 Å². The highest BCUT2D eigenvalue weighted by atomic mass is 16.6. The number of anilines is 1. The van der Waals surface area contributed by atoms with Gasteiger partial charge in [0.15, 0.2) is 23.3 Å². The fraction of sp³-hybridized carbons (Fsp3) is 0.571. The summed E-state index contributed by atoms with van der Waals surface area (Å²) in [7, 11) is 2.94. The zero-order chi connectivity index (χ0) is 17.5. The minimum absolute atomic E-state index is 0.235. The minimum atomic E-state index is -1.42. The van der Waals surface area contributed by atoms with Crippen LogP contribution in [0.1, 0.15) is 19.6 Å². The molecule has 24 heavy (non-hydrogen) atoms. The van der Waals surface area contributed by atoms with Gasteiger partial charge in [0.2, 0.25) is 0 Å². The molecule has 4 N–H and O–H groups in total. The number of nitrogens with two attached hydrogens (primary N) is 1. The lowest BCUT2D eigenvalue weighted by Crippen LogP contribution is -2.54. The van der Waals surface area contributed by atoms with E-state index >= 15 is 0 Å². The van der Waals surface area contributed by atoms with Gasteiger partial charge in [0, 0.05) is 14.2 Å². The fourth-order valence-corrected chi connectivity index (χ4v) is 3.14. The van der Waals surface area contributed by atoms with E-state index in [9.17, 15) is 9.90 Å². The maximum absolute atomic E-state index is 12.3. The van der Waals surface area contributed by atoms with Gasteiger partial charge in [-0.3, -0.25) is 9.36 Å². The van der Waals surface area contributed by atoms with Gasteiger partial charge in [-0.1, -0.05) is 6.92 Å². The van der Waals surface area contributed by atoms with Gasteiger partial charge in [0.25, 0.3) is 5.91 Å². The summed E-state index contributed by atoms with van der Waals surface area (Å²) in [6.07, 6.45) is 0.337. The van der Waals surface area contributed by atoms with Crippen molar-refractivity contribution in [3.05, 3.63) is 12.7 Å². The van der Waals surface area contributed by atoms with Gasteiger partial charge in [-0.15, -0.1) is 0 Å². The monoisotopic (exact) mass is 336 g/mol. The predicted molar refractivity (Wildman–Crippen MR) is 83.7 cm³/mol. The average molecular weight is 336 g/mol. The molecule has 4 atom stereocenters. The quantitative estimate of drug-likeness (QED) is 0.660. The first-order valence-corrected chi connectivity index (χ1v) is 7.54. The molecule has 3 heterocycles. The number of likely N-dealkylation sites (N-methyl/N-ethyl adjacent to an activating group) is 1. The summed E-state index contributed by atoms with van der Waals surface area (Å²) in [5.74, 6) is -0.181. The highest BCUT2D eigenvalue weighted by Gasteiger charge is 2.59. The molecule has 10 nitrogen and oxygen atoms in total. The lowest BCUT2D eigenvalue weighted by molar-refractivity contribution is -0.158. The number of hydrogen-bond acceptors (Lipinski definition) is 8. The number of hydrogen-bond donors (Lipinski definition) is 3. The highest BCUT2D eigenvalue weighted by molar-refractivity contribution is 5.86. The van der Waals surface area contributed by atoms with E-state index in [4.69, 9.17) is 15.2 Å². The molecule has 0 aliphatic carbocycles. The number of nitrogens with one attached hydrogen (secondary N) is 1. The number of amides is 1. The topological polar surface area (TPSA) is 137 Å². The van der Waals surface area contributed by atoms with Crippen LogP contribution in [0.5, 0.6) is 0 Å². The Labute approximate surface area is 138 Å².